The van der Waals surface area contributed by atoms with Crippen molar-refractivity contribution in [1.82, 2.24) is 24.7 Å². The second-order valence-electron chi connectivity index (χ2n) is 6.11. The number of hydrogen-bond donors (Lipinski definition) is 3. The summed E-state index contributed by atoms with van der Waals surface area (Å²) in [5.41, 5.74) is 2.82. The molecular weight excluding hydrogens is 320 g/mol. The maximum atomic E-state index is 12.5. The Balaban J connectivity index is 1.63. The van der Waals surface area contributed by atoms with Crippen molar-refractivity contribution in [3.8, 4) is 0 Å². The number of nitrogens with one attached hydrogen (secondary N) is 3. The van der Waals surface area contributed by atoms with Crippen LogP contribution in [0.15, 0.2) is 41.5 Å². The van der Waals surface area contributed by atoms with E-state index in [1.165, 1.54) is 6.20 Å². The van der Waals surface area contributed by atoms with Crippen molar-refractivity contribution in [2.75, 3.05) is 5.32 Å². The highest BCUT2D eigenvalue weighted by molar-refractivity contribution is 6.06. The first-order valence-electron chi connectivity index (χ1n) is 7.88. The summed E-state index contributed by atoms with van der Waals surface area (Å²) in [6.07, 6.45) is 3.24. The Morgan fingerprint density at radius 3 is 2.76 bits per heavy atom. The number of pyridine rings is 1. The molecule has 3 heterocycles. The molecular formula is C17H16N6O2. The van der Waals surface area contributed by atoms with Crippen molar-refractivity contribution in [3.63, 3.8) is 0 Å². The van der Waals surface area contributed by atoms with Crippen LogP contribution in [-0.4, -0.2) is 30.6 Å². The molecule has 0 aliphatic heterocycles. The van der Waals surface area contributed by atoms with Gasteiger partial charge in [-0.3, -0.25) is 4.79 Å². The molecule has 0 aliphatic carbocycles. The van der Waals surface area contributed by atoms with Crippen LogP contribution in [0.2, 0.25) is 0 Å². The van der Waals surface area contributed by atoms with Gasteiger partial charge in [0, 0.05) is 23.3 Å². The van der Waals surface area contributed by atoms with E-state index in [-0.39, 0.29) is 17.6 Å². The summed E-state index contributed by atoms with van der Waals surface area (Å²) in [7, 11) is 0. The Kier molecular flexibility index (Phi) is 3.38. The minimum atomic E-state index is -0.282. The third kappa shape index (κ3) is 2.67. The molecule has 4 aromatic rings. The third-order valence-electron chi connectivity index (χ3n) is 3.96. The predicted molar refractivity (Wildman–Crippen MR) is 94.8 cm³/mol. The zero-order chi connectivity index (χ0) is 17.6. The first-order chi connectivity index (χ1) is 12.0. The number of nitrogens with zero attached hydrogens (tertiary/aromatic N) is 3. The number of aromatic amines is 2. The van der Waals surface area contributed by atoms with Gasteiger partial charge >= 0.3 is 5.69 Å². The number of rotatable bonds is 3. The number of imidazole rings is 1. The summed E-state index contributed by atoms with van der Waals surface area (Å²) < 4.78 is 1.81. The van der Waals surface area contributed by atoms with Gasteiger partial charge in [-0.15, -0.1) is 0 Å². The maximum Gasteiger partial charge on any atom is 0.323 e. The molecule has 1 aromatic carbocycles. The van der Waals surface area contributed by atoms with Crippen LogP contribution < -0.4 is 11.0 Å². The summed E-state index contributed by atoms with van der Waals surface area (Å²) in [6.45, 7) is 4.05. The molecule has 0 unspecified atom stereocenters. The Morgan fingerprint density at radius 2 is 1.96 bits per heavy atom. The number of carbonyl (C=O) groups excluding carboxylic acids is 1. The fourth-order valence-corrected chi connectivity index (χ4v) is 2.76. The number of H-pyrrole nitrogens is 2. The molecule has 0 bridgehead atoms. The molecule has 3 N–H and O–H groups in total. The fourth-order valence-electron chi connectivity index (χ4n) is 2.76. The molecule has 1 amide bonds. The van der Waals surface area contributed by atoms with Crippen LogP contribution in [0.4, 0.5) is 5.69 Å². The van der Waals surface area contributed by atoms with Gasteiger partial charge in [-0.05, 0) is 38.1 Å². The van der Waals surface area contributed by atoms with Gasteiger partial charge in [0.1, 0.15) is 0 Å². The van der Waals surface area contributed by atoms with E-state index in [1.54, 1.807) is 30.5 Å². The lowest BCUT2D eigenvalue weighted by Gasteiger charge is -2.07. The predicted octanol–water partition coefficient (Wildman–Crippen LogP) is 2.43. The number of hydrogen-bond acceptors (Lipinski definition) is 4. The zero-order valence-electron chi connectivity index (χ0n) is 13.7. The number of benzene rings is 1. The Morgan fingerprint density at radius 1 is 1.16 bits per heavy atom. The van der Waals surface area contributed by atoms with E-state index in [2.05, 4.69) is 25.4 Å². The normalized spacial score (nSPS) is 11.5. The monoisotopic (exact) mass is 336 g/mol. The summed E-state index contributed by atoms with van der Waals surface area (Å²) in [6, 6.07) is 7.12. The minimum Gasteiger partial charge on any atom is -0.322 e. The van der Waals surface area contributed by atoms with Gasteiger partial charge in [0.2, 0.25) is 0 Å². The minimum absolute atomic E-state index is 0.194. The average Bonchev–Trinajstić information content (AvgIpc) is 3.15. The smallest absolute Gasteiger partial charge is 0.322 e. The topological polar surface area (TPSA) is 108 Å². The van der Waals surface area contributed by atoms with Crippen molar-refractivity contribution in [2.45, 2.75) is 19.9 Å². The zero-order valence-corrected chi connectivity index (χ0v) is 13.7. The maximum absolute atomic E-state index is 12.5. The van der Waals surface area contributed by atoms with Crippen molar-refractivity contribution < 1.29 is 4.79 Å². The van der Waals surface area contributed by atoms with Crippen molar-refractivity contribution >= 4 is 33.7 Å². The quantitative estimate of drug-likeness (QED) is 0.534. The van der Waals surface area contributed by atoms with Gasteiger partial charge in [-0.1, -0.05) is 0 Å². The molecule has 0 fully saturated rings. The largest absolute Gasteiger partial charge is 0.323 e. The van der Waals surface area contributed by atoms with E-state index in [1.807, 2.05) is 18.5 Å². The summed E-state index contributed by atoms with van der Waals surface area (Å²) in [4.78, 5) is 33.5. The Hall–Kier alpha value is -3.42. The van der Waals surface area contributed by atoms with E-state index >= 15 is 0 Å². The molecule has 8 nitrogen and oxygen atoms in total. The average molecular weight is 336 g/mol. The van der Waals surface area contributed by atoms with E-state index in [4.69, 9.17) is 0 Å². The standard InChI is InChI=1S/C17H16N6O2/c1-9(2)23-15-10(8-19-23)5-11(7-18-15)16(24)20-12-3-4-13-14(6-12)22-17(25)21-13/h3-9H,1-2H3,(H,20,24)(H2,21,22,25). The SMILES string of the molecule is CC(C)n1ncc2cc(C(=O)Nc3ccc4[nH]c(=O)[nH]c4c3)cnc21. The first kappa shape index (κ1) is 15.1. The van der Waals surface area contributed by atoms with Gasteiger partial charge in [0.25, 0.3) is 5.91 Å². The van der Waals surface area contributed by atoms with Crippen LogP contribution >= 0.6 is 0 Å². The highest BCUT2D eigenvalue weighted by Gasteiger charge is 2.12. The lowest BCUT2D eigenvalue weighted by atomic mass is 10.2. The van der Waals surface area contributed by atoms with Gasteiger partial charge < -0.3 is 15.3 Å². The highest BCUT2D eigenvalue weighted by Crippen LogP contribution is 2.19. The molecule has 0 saturated heterocycles. The second kappa shape index (κ2) is 5.59. The Labute approximate surface area is 141 Å². The molecule has 4 rings (SSSR count). The van der Waals surface area contributed by atoms with Crippen LogP contribution in [0, 0.1) is 0 Å². The van der Waals surface area contributed by atoms with Crippen molar-refractivity contribution in [1.29, 1.82) is 0 Å². The van der Waals surface area contributed by atoms with E-state index in [9.17, 15) is 9.59 Å². The van der Waals surface area contributed by atoms with Crippen LogP contribution in [0.3, 0.4) is 0 Å². The van der Waals surface area contributed by atoms with Gasteiger partial charge in [-0.2, -0.15) is 5.10 Å². The van der Waals surface area contributed by atoms with Crippen LogP contribution in [0.25, 0.3) is 22.1 Å². The van der Waals surface area contributed by atoms with Crippen LogP contribution in [0.1, 0.15) is 30.2 Å². The van der Waals surface area contributed by atoms with Gasteiger partial charge in [0.05, 0.1) is 22.8 Å². The highest BCUT2D eigenvalue weighted by atomic mass is 16.2. The second-order valence-corrected chi connectivity index (χ2v) is 6.11. The summed E-state index contributed by atoms with van der Waals surface area (Å²) in [5.74, 6) is -0.274. The molecule has 8 heteroatoms. The van der Waals surface area contributed by atoms with Gasteiger partial charge in [-0.25, -0.2) is 14.5 Å². The lowest BCUT2D eigenvalue weighted by Crippen LogP contribution is -2.12. The first-order valence-corrected chi connectivity index (χ1v) is 7.88. The third-order valence-corrected chi connectivity index (χ3v) is 3.96. The number of aromatic nitrogens is 5. The van der Waals surface area contributed by atoms with Crippen molar-refractivity contribution in [2.24, 2.45) is 0 Å². The molecule has 0 atom stereocenters. The van der Waals surface area contributed by atoms with Crippen molar-refractivity contribution in [3.05, 3.63) is 52.7 Å². The Bertz CT molecular complexity index is 1150. The lowest BCUT2D eigenvalue weighted by molar-refractivity contribution is 0.102. The van der Waals surface area contributed by atoms with E-state index in [0.717, 1.165) is 11.0 Å². The van der Waals surface area contributed by atoms with Crippen LogP contribution in [-0.2, 0) is 0 Å². The summed E-state index contributed by atoms with van der Waals surface area (Å²) >= 11 is 0. The number of fused-ring (bicyclic) bond motifs is 2. The number of amides is 1. The van der Waals surface area contributed by atoms with Crippen LogP contribution in [0.5, 0.6) is 0 Å². The van der Waals surface area contributed by atoms with E-state index < -0.39 is 0 Å². The molecule has 0 aliphatic rings. The number of anilines is 1. The molecule has 126 valence electrons. The molecule has 25 heavy (non-hydrogen) atoms. The van der Waals surface area contributed by atoms with E-state index in [0.29, 0.717) is 22.3 Å². The molecule has 0 spiro atoms. The fraction of sp³-hybridized carbons (Fsp3) is 0.176. The molecule has 0 radical (unpaired) electrons. The van der Waals surface area contributed by atoms with Gasteiger partial charge in [0.15, 0.2) is 5.65 Å². The molecule has 3 aromatic heterocycles. The molecule has 0 saturated carbocycles. The summed E-state index contributed by atoms with van der Waals surface area (Å²) in [5, 5.41) is 7.92. The number of carbonyl (C=O) groups is 1.